The maximum absolute atomic E-state index is 11.8. The van der Waals surface area contributed by atoms with Crippen molar-refractivity contribution in [2.24, 2.45) is 0 Å². The van der Waals surface area contributed by atoms with Gasteiger partial charge in [-0.1, -0.05) is 0 Å². The molecule has 0 unspecified atom stereocenters. The molecule has 0 aliphatic rings. The predicted octanol–water partition coefficient (Wildman–Crippen LogP) is 2.23. The van der Waals surface area contributed by atoms with Crippen LogP contribution in [-0.4, -0.2) is 11.0 Å². The third-order valence-corrected chi connectivity index (χ3v) is 2.30. The van der Waals surface area contributed by atoms with E-state index in [9.17, 15) is 4.79 Å². The Morgan fingerprint density at radius 3 is 2.18 bits per heavy atom. The molecule has 0 fully saturated rings. The molecule has 0 aliphatic heterocycles. The molecule has 4 heteroatoms. The fourth-order valence-corrected chi connectivity index (χ4v) is 1.38. The normalized spacial score (nSPS) is 9.88. The summed E-state index contributed by atoms with van der Waals surface area (Å²) >= 11 is 0. The molecule has 0 spiro atoms. The Morgan fingerprint density at radius 1 is 1.00 bits per heavy atom. The van der Waals surface area contributed by atoms with Crippen molar-refractivity contribution < 1.29 is 9.90 Å². The highest BCUT2D eigenvalue weighted by Gasteiger charge is 2.05. The molecule has 0 heterocycles. The number of anilines is 2. The average Bonchev–Trinajstić information content (AvgIpc) is 2.33. The summed E-state index contributed by atoms with van der Waals surface area (Å²) in [4.78, 5) is 11.8. The molecular weight excluding hydrogens is 216 g/mol. The van der Waals surface area contributed by atoms with E-state index in [1.165, 1.54) is 12.1 Å². The Bertz CT molecular complexity index is 518. The van der Waals surface area contributed by atoms with Gasteiger partial charge in [-0.15, -0.1) is 0 Å². The summed E-state index contributed by atoms with van der Waals surface area (Å²) in [6, 6.07) is 12.9. The summed E-state index contributed by atoms with van der Waals surface area (Å²) in [7, 11) is 0. The molecular formula is C13H12N2O2. The van der Waals surface area contributed by atoms with Crippen molar-refractivity contribution in [2.75, 3.05) is 11.1 Å². The van der Waals surface area contributed by atoms with E-state index in [1.54, 1.807) is 36.4 Å². The number of rotatable bonds is 2. The van der Waals surface area contributed by atoms with Crippen LogP contribution in [-0.2, 0) is 0 Å². The van der Waals surface area contributed by atoms with Gasteiger partial charge in [0.2, 0.25) is 0 Å². The first-order valence-corrected chi connectivity index (χ1v) is 5.11. The van der Waals surface area contributed by atoms with Crippen molar-refractivity contribution in [2.45, 2.75) is 0 Å². The smallest absolute Gasteiger partial charge is 0.255 e. The highest BCUT2D eigenvalue weighted by molar-refractivity contribution is 6.04. The van der Waals surface area contributed by atoms with E-state index in [2.05, 4.69) is 5.32 Å². The zero-order chi connectivity index (χ0) is 12.3. The number of aromatic hydroxyl groups is 1. The number of nitrogens with one attached hydrogen (secondary N) is 1. The second kappa shape index (κ2) is 4.57. The summed E-state index contributed by atoms with van der Waals surface area (Å²) < 4.78 is 0. The maximum Gasteiger partial charge on any atom is 0.255 e. The molecule has 17 heavy (non-hydrogen) atoms. The highest BCUT2D eigenvalue weighted by atomic mass is 16.3. The number of benzene rings is 2. The third-order valence-electron chi connectivity index (χ3n) is 2.30. The molecule has 2 rings (SSSR count). The van der Waals surface area contributed by atoms with Gasteiger partial charge in [0, 0.05) is 16.9 Å². The number of nitrogens with two attached hydrogens (primary N) is 1. The van der Waals surface area contributed by atoms with Gasteiger partial charge in [-0.05, 0) is 48.5 Å². The lowest BCUT2D eigenvalue weighted by molar-refractivity contribution is 0.102. The number of phenols is 1. The lowest BCUT2D eigenvalue weighted by atomic mass is 10.2. The molecule has 0 aliphatic carbocycles. The summed E-state index contributed by atoms with van der Waals surface area (Å²) in [5.74, 6) is -0.0937. The summed E-state index contributed by atoms with van der Waals surface area (Å²) in [5, 5.41) is 11.8. The summed E-state index contributed by atoms with van der Waals surface area (Å²) in [5.41, 5.74) is 7.35. The van der Waals surface area contributed by atoms with E-state index in [4.69, 9.17) is 10.8 Å². The number of nitrogen functional groups attached to an aromatic ring is 1. The number of carbonyl (C=O) groups excluding carboxylic acids is 1. The molecule has 4 nitrogen and oxygen atoms in total. The Morgan fingerprint density at radius 2 is 1.59 bits per heavy atom. The second-order valence-corrected chi connectivity index (χ2v) is 3.62. The SMILES string of the molecule is Nc1ccc(NC(=O)c2ccc(O)cc2)cc1. The maximum atomic E-state index is 11.8. The van der Waals surface area contributed by atoms with Crippen LogP contribution >= 0.6 is 0 Å². The molecule has 4 N–H and O–H groups in total. The van der Waals surface area contributed by atoms with Crippen LogP contribution in [0.15, 0.2) is 48.5 Å². The Hall–Kier alpha value is -2.49. The van der Waals surface area contributed by atoms with E-state index in [1.807, 2.05) is 0 Å². The van der Waals surface area contributed by atoms with Crippen LogP contribution in [0.25, 0.3) is 0 Å². The Kier molecular flexibility index (Phi) is 2.96. The van der Waals surface area contributed by atoms with E-state index >= 15 is 0 Å². The van der Waals surface area contributed by atoms with Crippen LogP contribution < -0.4 is 11.1 Å². The van der Waals surface area contributed by atoms with Gasteiger partial charge in [-0.25, -0.2) is 0 Å². The lowest BCUT2D eigenvalue weighted by Gasteiger charge is -2.05. The minimum absolute atomic E-state index is 0.133. The fraction of sp³-hybridized carbons (Fsp3) is 0. The first kappa shape index (κ1) is 11.0. The largest absolute Gasteiger partial charge is 0.508 e. The van der Waals surface area contributed by atoms with Crippen molar-refractivity contribution in [3.8, 4) is 5.75 Å². The third kappa shape index (κ3) is 2.75. The molecule has 0 saturated carbocycles. The van der Waals surface area contributed by atoms with Crippen LogP contribution in [0.5, 0.6) is 5.75 Å². The van der Waals surface area contributed by atoms with Gasteiger partial charge in [0.15, 0.2) is 0 Å². The van der Waals surface area contributed by atoms with E-state index in [-0.39, 0.29) is 11.7 Å². The van der Waals surface area contributed by atoms with Gasteiger partial charge in [-0.3, -0.25) is 4.79 Å². The number of amides is 1. The van der Waals surface area contributed by atoms with Gasteiger partial charge < -0.3 is 16.2 Å². The number of hydrogen-bond acceptors (Lipinski definition) is 3. The quantitative estimate of drug-likeness (QED) is 0.690. The second-order valence-electron chi connectivity index (χ2n) is 3.62. The molecule has 0 saturated heterocycles. The minimum atomic E-state index is -0.227. The first-order chi connectivity index (χ1) is 8.15. The number of hydrogen-bond donors (Lipinski definition) is 3. The van der Waals surface area contributed by atoms with Gasteiger partial charge >= 0.3 is 0 Å². The molecule has 0 radical (unpaired) electrons. The summed E-state index contributed by atoms with van der Waals surface area (Å²) in [6.07, 6.45) is 0. The molecule has 2 aromatic rings. The van der Waals surface area contributed by atoms with Gasteiger partial charge in [0.05, 0.1) is 0 Å². The van der Waals surface area contributed by atoms with Gasteiger partial charge in [-0.2, -0.15) is 0 Å². The van der Waals surface area contributed by atoms with Crippen molar-refractivity contribution in [1.29, 1.82) is 0 Å². The lowest BCUT2D eigenvalue weighted by Crippen LogP contribution is -2.11. The highest BCUT2D eigenvalue weighted by Crippen LogP contribution is 2.14. The van der Waals surface area contributed by atoms with Crippen LogP contribution in [0.2, 0.25) is 0 Å². The van der Waals surface area contributed by atoms with Crippen LogP contribution in [0, 0.1) is 0 Å². The summed E-state index contributed by atoms with van der Waals surface area (Å²) in [6.45, 7) is 0. The van der Waals surface area contributed by atoms with Crippen molar-refractivity contribution >= 4 is 17.3 Å². The molecule has 86 valence electrons. The average molecular weight is 228 g/mol. The van der Waals surface area contributed by atoms with Crippen molar-refractivity contribution in [1.82, 2.24) is 0 Å². The molecule has 1 amide bonds. The number of carbonyl (C=O) groups is 1. The standard InChI is InChI=1S/C13H12N2O2/c14-10-3-5-11(6-4-10)15-13(17)9-1-7-12(16)8-2-9/h1-8,16H,14H2,(H,15,17). The predicted molar refractivity (Wildman–Crippen MR) is 66.9 cm³/mol. The zero-order valence-corrected chi connectivity index (χ0v) is 9.05. The van der Waals surface area contributed by atoms with E-state index in [0.29, 0.717) is 16.9 Å². The molecule has 2 aromatic carbocycles. The molecule has 0 aromatic heterocycles. The van der Waals surface area contributed by atoms with Gasteiger partial charge in [0.1, 0.15) is 5.75 Å². The van der Waals surface area contributed by atoms with Gasteiger partial charge in [0.25, 0.3) is 5.91 Å². The fourth-order valence-electron chi connectivity index (χ4n) is 1.38. The monoisotopic (exact) mass is 228 g/mol. The topological polar surface area (TPSA) is 75.3 Å². The Balaban J connectivity index is 2.11. The molecule has 0 atom stereocenters. The van der Waals surface area contributed by atoms with E-state index in [0.717, 1.165) is 0 Å². The zero-order valence-electron chi connectivity index (χ0n) is 9.05. The Labute approximate surface area is 98.7 Å². The minimum Gasteiger partial charge on any atom is -0.508 e. The van der Waals surface area contributed by atoms with Crippen molar-refractivity contribution in [3.05, 3.63) is 54.1 Å². The molecule has 0 bridgehead atoms. The van der Waals surface area contributed by atoms with E-state index < -0.39 is 0 Å². The first-order valence-electron chi connectivity index (χ1n) is 5.11. The van der Waals surface area contributed by atoms with Crippen LogP contribution in [0.3, 0.4) is 0 Å². The van der Waals surface area contributed by atoms with Crippen LogP contribution in [0.4, 0.5) is 11.4 Å². The van der Waals surface area contributed by atoms with Crippen molar-refractivity contribution in [3.63, 3.8) is 0 Å². The van der Waals surface area contributed by atoms with Crippen LogP contribution in [0.1, 0.15) is 10.4 Å². The number of phenolic OH excluding ortho intramolecular Hbond substituents is 1.